The summed E-state index contributed by atoms with van der Waals surface area (Å²) in [6, 6.07) is 7.38. The molecule has 6 nitrogen and oxygen atoms in total. The van der Waals surface area contributed by atoms with Gasteiger partial charge in [-0.2, -0.15) is 0 Å². The van der Waals surface area contributed by atoms with Crippen LogP contribution in [-0.2, 0) is 0 Å². The van der Waals surface area contributed by atoms with E-state index in [0.717, 1.165) is 33.8 Å². The van der Waals surface area contributed by atoms with Crippen LogP contribution in [0.15, 0.2) is 24.3 Å². The Balaban J connectivity index is 0.000000300. The summed E-state index contributed by atoms with van der Waals surface area (Å²) in [6.45, 7) is 12.8. The standard InChI is InChI=1S/2C12H17NO2/c2*1-5-13-12(14)10-6-8(2)11(15-4)9(3)7-10/h2*6-7H,5H2,1-4H3,(H,13,14). The van der Waals surface area contributed by atoms with Crippen molar-refractivity contribution in [2.24, 2.45) is 0 Å². The highest BCUT2D eigenvalue weighted by molar-refractivity contribution is 5.95. The van der Waals surface area contributed by atoms with Crippen LogP contribution in [-0.4, -0.2) is 39.1 Å². The van der Waals surface area contributed by atoms with Gasteiger partial charge in [0.1, 0.15) is 11.5 Å². The van der Waals surface area contributed by atoms with Crippen LogP contribution >= 0.6 is 0 Å². The van der Waals surface area contributed by atoms with E-state index in [1.165, 1.54) is 0 Å². The SMILES string of the molecule is CCNC(=O)c1cc(C)c(OC)c(C)c1.CCNC(=O)c1cc(C)c(OC)c(C)c1. The van der Waals surface area contributed by atoms with Gasteiger partial charge >= 0.3 is 0 Å². The molecule has 2 rings (SSSR count). The molecule has 0 radical (unpaired) electrons. The summed E-state index contributed by atoms with van der Waals surface area (Å²) in [5, 5.41) is 5.55. The van der Waals surface area contributed by atoms with Crippen molar-refractivity contribution in [1.82, 2.24) is 10.6 Å². The monoisotopic (exact) mass is 414 g/mol. The lowest BCUT2D eigenvalue weighted by atomic mass is 10.1. The molecule has 0 aliphatic heterocycles. The molecular weight excluding hydrogens is 380 g/mol. The van der Waals surface area contributed by atoms with E-state index < -0.39 is 0 Å². The highest BCUT2D eigenvalue weighted by atomic mass is 16.5. The maximum absolute atomic E-state index is 11.6. The molecule has 0 bridgehead atoms. The fourth-order valence-electron chi connectivity index (χ4n) is 3.33. The molecule has 30 heavy (non-hydrogen) atoms. The fourth-order valence-corrected chi connectivity index (χ4v) is 3.33. The van der Waals surface area contributed by atoms with Crippen LogP contribution in [0.5, 0.6) is 11.5 Å². The van der Waals surface area contributed by atoms with E-state index in [9.17, 15) is 9.59 Å². The number of hydrogen-bond acceptors (Lipinski definition) is 4. The van der Waals surface area contributed by atoms with Crippen molar-refractivity contribution in [3.8, 4) is 11.5 Å². The number of amides is 2. The van der Waals surface area contributed by atoms with E-state index >= 15 is 0 Å². The number of hydrogen-bond donors (Lipinski definition) is 2. The Bertz CT molecular complexity index is 771. The first-order valence-electron chi connectivity index (χ1n) is 10.1. The largest absolute Gasteiger partial charge is 0.496 e. The normalized spacial score (nSPS) is 9.87. The summed E-state index contributed by atoms with van der Waals surface area (Å²) >= 11 is 0. The van der Waals surface area contributed by atoms with Crippen LogP contribution in [0.4, 0.5) is 0 Å². The second kappa shape index (κ2) is 11.9. The lowest BCUT2D eigenvalue weighted by molar-refractivity contribution is 0.0947. The molecule has 0 unspecified atom stereocenters. The van der Waals surface area contributed by atoms with Gasteiger partial charge in [0.25, 0.3) is 11.8 Å². The van der Waals surface area contributed by atoms with E-state index in [1.54, 1.807) is 14.2 Å². The topological polar surface area (TPSA) is 76.7 Å². The van der Waals surface area contributed by atoms with Gasteiger partial charge in [-0.05, 0) is 88.1 Å². The summed E-state index contributed by atoms with van der Waals surface area (Å²) in [7, 11) is 3.28. The van der Waals surface area contributed by atoms with Gasteiger partial charge in [0.05, 0.1) is 14.2 Å². The van der Waals surface area contributed by atoms with Gasteiger partial charge in [0.15, 0.2) is 0 Å². The third-order valence-corrected chi connectivity index (χ3v) is 4.53. The van der Waals surface area contributed by atoms with Crippen molar-refractivity contribution in [1.29, 1.82) is 0 Å². The molecule has 2 aromatic carbocycles. The summed E-state index contributed by atoms with van der Waals surface area (Å²) in [5.74, 6) is 1.63. The van der Waals surface area contributed by atoms with Crippen molar-refractivity contribution >= 4 is 11.8 Å². The van der Waals surface area contributed by atoms with Crippen molar-refractivity contribution in [2.45, 2.75) is 41.5 Å². The molecule has 2 aromatic rings. The minimum atomic E-state index is -0.0358. The molecule has 0 aliphatic rings. The van der Waals surface area contributed by atoms with Crippen LogP contribution in [0.2, 0.25) is 0 Å². The van der Waals surface area contributed by atoms with Crippen molar-refractivity contribution < 1.29 is 19.1 Å². The molecule has 164 valence electrons. The molecule has 2 N–H and O–H groups in total. The highest BCUT2D eigenvalue weighted by Crippen LogP contribution is 2.25. The zero-order valence-electron chi connectivity index (χ0n) is 19.4. The van der Waals surface area contributed by atoms with E-state index in [2.05, 4.69) is 10.6 Å². The maximum atomic E-state index is 11.6. The lowest BCUT2D eigenvalue weighted by Crippen LogP contribution is -2.22. The predicted molar refractivity (Wildman–Crippen MR) is 121 cm³/mol. The molecule has 0 aliphatic carbocycles. The maximum Gasteiger partial charge on any atom is 0.251 e. The van der Waals surface area contributed by atoms with Crippen molar-refractivity contribution in [2.75, 3.05) is 27.3 Å². The van der Waals surface area contributed by atoms with Gasteiger partial charge in [0, 0.05) is 24.2 Å². The van der Waals surface area contributed by atoms with Crippen LogP contribution < -0.4 is 20.1 Å². The first-order chi connectivity index (χ1) is 14.2. The van der Waals surface area contributed by atoms with Crippen LogP contribution in [0, 0.1) is 27.7 Å². The Hall–Kier alpha value is -3.02. The van der Waals surface area contributed by atoms with Crippen LogP contribution in [0.3, 0.4) is 0 Å². The number of aryl methyl sites for hydroxylation is 4. The Morgan fingerprint density at radius 2 is 0.933 bits per heavy atom. The summed E-state index contributed by atoms with van der Waals surface area (Å²) in [5.41, 5.74) is 5.32. The number of methoxy groups -OCH3 is 2. The fraction of sp³-hybridized carbons (Fsp3) is 0.417. The molecule has 0 aromatic heterocycles. The molecular formula is C24H34N2O4. The van der Waals surface area contributed by atoms with Gasteiger partial charge < -0.3 is 20.1 Å². The van der Waals surface area contributed by atoms with Gasteiger partial charge in [-0.25, -0.2) is 0 Å². The van der Waals surface area contributed by atoms with Gasteiger partial charge in [-0.3, -0.25) is 9.59 Å². The Morgan fingerprint density at radius 3 is 1.13 bits per heavy atom. The third-order valence-electron chi connectivity index (χ3n) is 4.53. The van der Waals surface area contributed by atoms with Crippen molar-refractivity contribution in [3.05, 3.63) is 57.6 Å². The summed E-state index contributed by atoms with van der Waals surface area (Å²) in [6.07, 6.45) is 0. The van der Waals surface area contributed by atoms with Crippen molar-refractivity contribution in [3.63, 3.8) is 0 Å². The zero-order valence-corrected chi connectivity index (χ0v) is 19.4. The Kier molecular flexibility index (Phi) is 9.89. The molecule has 0 saturated heterocycles. The van der Waals surface area contributed by atoms with Gasteiger partial charge in [0.2, 0.25) is 0 Å². The van der Waals surface area contributed by atoms with Crippen LogP contribution in [0.25, 0.3) is 0 Å². The number of carbonyl (C=O) groups is 2. The summed E-state index contributed by atoms with van der Waals surface area (Å²) < 4.78 is 10.5. The number of ether oxygens (including phenoxy) is 2. The van der Waals surface area contributed by atoms with E-state index in [-0.39, 0.29) is 11.8 Å². The van der Waals surface area contributed by atoms with E-state index in [0.29, 0.717) is 24.2 Å². The molecule has 0 saturated carbocycles. The molecule has 6 heteroatoms. The van der Waals surface area contributed by atoms with Gasteiger partial charge in [-0.1, -0.05) is 0 Å². The van der Waals surface area contributed by atoms with Gasteiger partial charge in [-0.15, -0.1) is 0 Å². The highest BCUT2D eigenvalue weighted by Gasteiger charge is 2.11. The first-order valence-corrected chi connectivity index (χ1v) is 10.1. The number of nitrogens with one attached hydrogen (secondary N) is 2. The van der Waals surface area contributed by atoms with E-state index in [1.807, 2.05) is 65.8 Å². The molecule has 0 fully saturated rings. The van der Waals surface area contributed by atoms with Crippen LogP contribution in [0.1, 0.15) is 56.8 Å². The average Bonchev–Trinajstić information content (AvgIpc) is 2.68. The lowest BCUT2D eigenvalue weighted by Gasteiger charge is -2.10. The molecule has 0 heterocycles. The first kappa shape index (κ1) is 25.0. The predicted octanol–water partition coefficient (Wildman–Crippen LogP) is 4.12. The molecule has 0 atom stereocenters. The average molecular weight is 415 g/mol. The third kappa shape index (κ3) is 6.51. The molecule has 2 amide bonds. The Labute approximate surface area is 180 Å². The summed E-state index contributed by atoms with van der Waals surface area (Å²) in [4.78, 5) is 23.2. The quantitative estimate of drug-likeness (QED) is 0.745. The smallest absolute Gasteiger partial charge is 0.251 e. The number of carbonyl (C=O) groups excluding carboxylic acids is 2. The second-order valence-electron chi connectivity index (χ2n) is 7.01. The number of rotatable bonds is 6. The zero-order chi connectivity index (χ0) is 22.8. The minimum absolute atomic E-state index is 0.0358. The molecule has 0 spiro atoms. The van der Waals surface area contributed by atoms with E-state index in [4.69, 9.17) is 9.47 Å². The second-order valence-corrected chi connectivity index (χ2v) is 7.01. The minimum Gasteiger partial charge on any atom is -0.496 e. The Morgan fingerprint density at radius 1 is 0.667 bits per heavy atom. The number of benzene rings is 2.